The molecule has 31 heavy (non-hydrogen) atoms. The average Bonchev–Trinajstić information content (AvgIpc) is 3.33. The Kier molecular flexibility index (Phi) is 8.04. The zero-order chi connectivity index (χ0) is 21.5. The highest BCUT2D eigenvalue weighted by Gasteiger charge is 2.32. The molecule has 0 aromatic heterocycles. The van der Waals surface area contributed by atoms with Crippen molar-refractivity contribution >= 4 is 5.69 Å². The molecule has 2 aromatic rings. The molecule has 2 heterocycles. The highest BCUT2D eigenvalue weighted by Crippen LogP contribution is 2.39. The summed E-state index contributed by atoms with van der Waals surface area (Å²) in [6, 6.07) is 21.0. The molecule has 0 radical (unpaired) electrons. The number of rotatable bonds is 10. The molecule has 0 N–H and O–H groups in total. The van der Waals surface area contributed by atoms with E-state index in [0.29, 0.717) is 12.1 Å². The predicted molar refractivity (Wildman–Crippen MR) is 131 cm³/mol. The maximum atomic E-state index is 6.26. The zero-order valence-corrected chi connectivity index (χ0v) is 19.5. The van der Waals surface area contributed by atoms with Crippen LogP contribution in [0.3, 0.4) is 0 Å². The Morgan fingerprint density at radius 1 is 0.968 bits per heavy atom. The fraction of sp³-hybridized carbons (Fsp3) is 0.571. The van der Waals surface area contributed by atoms with Crippen molar-refractivity contribution in [3.8, 4) is 0 Å². The number of aryl methyl sites for hydroxylation is 1. The normalized spacial score (nSPS) is 20.2. The Morgan fingerprint density at radius 3 is 2.48 bits per heavy atom. The highest BCUT2D eigenvalue weighted by atomic mass is 16.5. The van der Waals surface area contributed by atoms with Gasteiger partial charge in [0, 0.05) is 18.8 Å². The maximum Gasteiger partial charge on any atom is 0.0639 e. The van der Waals surface area contributed by atoms with E-state index in [1.165, 1.54) is 62.0 Å². The molecule has 0 spiro atoms. The van der Waals surface area contributed by atoms with Crippen LogP contribution < -0.4 is 4.90 Å². The standard InChI is InChI=1S/C28H40N2O/c1-23(2)11-10-20-31-22-26(29-18-8-9-19-29)21-30-27-15-7-6-14-25(27)16-17-28(30)24-12-4-3-5-13-24/h3-7,12-15,23,26,28H,8-11,16-22H2,1-2H3. The second-order valence-electron chi connectivity index (χ2n) is 9.75. The SMILES string of the molecule is CC(C)CCCOCC(CN1c2ccccc2CCC1c1ccccc1)N1CCCC1. The van der Waals surface area contributed by atoms with Gasteiger partial charge < -0.3 is 9.64 Å². The number of para-hydroxylation sites is 1. The van der Waals surface area contributed by atoms with Crippen LogP contribution >= 0.6 is 0 Å². The molecule has 3 nitrogen and oxygen atoms in total. The van der Waals surface area contributed by atoms with Crippen molar-refractivity contribution in [2.24, 2.45) is 5.92 Å². The fourth-order valence-electron chi connectivity index (χ4n) is 5.29. The molecular formula is C28H40N2O. The van der Waals surface area contributed by atoms with Gasteiger partial charge in [-0.05, 0) is 74.7 Å². The largest absolute Gasteiger partial charge is 0.380 e. The molecule has 2 aromatic carbocycles. The van der Waals surface area contributed by atoms with Crippen LogP contribution in [0, 0.1) is 5.92 Å². The van der Waals surface area contributed by atoms with Gasteiger partial charge in [-0.1, -0.05) is 62.4 Å². The fourth-order valence-corrected chi connectivity index (χ4v) is 5.29. The molecule has 1 saturated heterocycles. The second kappa shape index (κ2) is 11.2. The van der Waals surface area contributed by atoms with E-state index >= 15 is 0 Å². The van der Waals surface area contributed by atoms with Gasteiger partial charge in [0.05, 0.1) is 18.7 Å². The third-order valence-corrected chi connectivity index (χ3v) is 6.99. The first-order valence-electron chi connectivity index (χ1n) is 12.4. The lowest BCUT2D eigenvalue weighted by Crippen LogP contribution is -2.48. The lowest BCUT2D eigenvalue weighted by atomic mass is 9.90. The highest BCUT2D eigenvalue weighted by molar-refractivity contribution is 5.58. The number of hydrogen-bond acceptors (Lipinski definition) is 3. The van der Waals surface area contributed by atoms with Gasteiger partial charge in [-0.15, -0.1) is 0 Å². The second-order valence-corrected chi connectivity index (χ2v) is 9.75. The topological polar surface area (TPSA) is 15.7 Å². The average molecular weight is 421 g/mol. The summed E-state index contributed by atoms with van der Waals surface area (Å²) < 4.78 is 6.26. The first kappa shape index (κ1) is 22.4. The summed E-state index contributed by atoms with van der Waals surface area (Å²) in [7, 11) is 0. The lowest BCUT2D eigenvalue weighted by molar-refractivity contribution is 0.0672. The molecular weight excluding hydrogens is 380 g/mol. The van der Waals surface area contributed by atoms with E-state index < -0.39 is 0 Å². The third kappa shape index (κ3) is 5.90. The summed E-state index contributed by atoms with van der Waals surface area (Å²) >= 11 is 0. The van der Waals surface area contributed by atoms with E-state index in [9.17, 15) is 0 Å². The minimum atomic E-state index is 0.446. The van der Waals surface area contributed by atoms with Gasteiger partial charge in [0.15, 0.2) is 0 Å². The van der Waals surface area contributed by atoms with Gasteiger partial charge in [-0.3, -0.25) is 4.90 Å². The van der Waals surface area contributed by atoms with Crippen LogP contribution in [0.1, 0.15) is 63.1 Å². The molecule has 0 aliphatic carbocycles. The Hall–Kier alpha value is -1.84. The number of anilines is 1. The quantitative estimate of drug-likeness (QED) is 0.432. The number of fused-ring (bicyclic) bond motifs is 1. The van der Waals surface area contributed by atoms with Crippen molar-refractivity contribution < 1.29 is 4.74 Å². The Morgan fingerprint density at radius 2 is 1.71 bits per heavy atom. The smallest absolute Gasteiger partial charge is 0.0639 e. The first-order valence-corrected chi connectivity index (χ1v) is 12.4. The lowest BCUT2D eigenvalue weighted by Gasteiger charge is -2.43. The van der Waals surface area contributed by atoms with E-state index in [1.54, 1.807) is 0 Å². The summed E-state index contributed by atoms with van der Waals surface area (Å²) in [5.74, 6) is 0.759. The van der Waals surface area contributed by atoms with Crippen LogP contribution in [0.5, 0.6) is 0 Å². The molecule has 3 heteroatoms. The first-order chi connectivity index (χ1) is 15.2. The molecule has 2 aliphatic heterocycles. The number of likely N-dealkylation sites (tertiary alicyclic amines) is 1. The molecule has 168 valence electrons. The summed E-state index contributed by atoms with van der Waals surface area (Å²) in [6.07, 6.45) is 7.41. The maximum absolute atomic E-state index is 6.26. The van der Waals surface area contributed by atoms with E-state index in [2.05, 4.69) is 78.2 Å². The van der Waals surface area contributed by atoms with Crippen LogP contribution in [0.4, 0.5) is 5.69 Å². The van der Waals surface area contributed by atoms with Crippen molar-refractivity contribution in [1.29, 1.82) is 0 Å². The minimum absolute atomic E-state index is 0.446. The van der Waals surface area contributed by atoms with Gasteiger partial charge >= 0.3 is 0 Å². The van der Waals surface area contributed by atoms with Gasteiger partial charge in [0.25, 0.3) is 0 Å². The third-order valence-electron chi connectivity index (χ3n) is 6.99. The van der Waals surface area contributed by atoms with Gasteiger partial charge in [0.1, 0.15) is 0 Å². The molecule has 4 rings (SSSR count). The van der Waals surface area contributed by atoms with Crippen LogP contribution in [-0.2, 0) is 11.2 Å². The monoisotopic (exact) mass is 420 g/mol. The van der Waals surface area contributed by atoms with Crippen molar-refractivity contribution in [2.75, 3.05) is 37.7 Å². The van der Waals surface area contributed by atoms with E-state index in [0.717, 1.165) is 32.1 Å². The minimum Gasteiger partial charge on any atom is -0.380 e. The van der Waals surface area contributed by atoms with Crippen molar-refractivity contribution in [2.45, 2.75) is 64.5 Å². The Balaban J connectivity index is 1.51. The van der Waals surface area contributed by atoms with Crippen LogP contribution in [0.15, 0.2) is 54.6 Å². The molecule has 0 bridgehead atoms. The van der Waals surface area contributed by atoms with Crippen molar-refractivity contribution in [3.63, 3.8) is 0 Å². The van der Waals surface area contributed by atoms with Gasteiger partial charge in [-0.2, -0.15) is 0 Å². The van der Waals surface area contributed by atoms with Gasteiger partial charge in [0.2, 0.25) is 0 Å². The zero-order valence-electron chi connectivity index (χ0n) is 19.5. The van der Waals surface area contributed by atoms with Gasteiger partial charge in [-0.25, -0.2) is 0 Å². The number of hydrogen-bond donors (Lipinski definition) is 0. The molecule has 0 saturated carbocycles. The molecule has 2 atom stereocenters. The Labute approximate surface area is 189 Å². The summed E-state index contributed by atoms with van der Waals surface area (Å²) in [4.78, 5) is 5.37. The number of ether oxygens (including phenoxy) is 1. The van der Waals surface area contributed by atoms with E-state index in [4.69, 9.17) is 4.74 Å². The van der Waals surface area contributed by atoms with E-state index in [-0.39, 0.29) is 0 Å². The summed E-state index contributed by atoms with van der Waals surface area (Å²) in [5.41, 5.74) is 4.36. The van der Waals surface area contributed by atoms with Crippen LogP contribution in [0.2, 0.25) is 0 Å². The van der Waals surface area contributed by atoms with Crippen LogP contribution in [-0.4, -0.2) is 43.8 Å². The van der Waals surface area contributed by atoms with E-state index in [1.807, 2.05) is 0 Å². The summed E-state index contributed by atoms with van der Waals surface area (Å²) in [6.45, 7) is 9.80. The summed E-state index contributed by atoms with van der Waals surface area (Å²) in [5, 5.41) is 0. The molecule has 0 amide bonds. The van der Waals surface area contributed by atoms with Crippen LogP contribution in [0.25, 0.3) is 0 Å². The molecule has 1 fully saturated rings. The molecule has 2 unspecified atom stereocenters. The number of nitrogens with zero attached hydrogens (tertiary/aromatic N) is 2. The Bertz CT molecular complexity index is 785. The van der Waals surface area contributed by atoms with Crippen molar-refractivity contribution in [3.05, 3.63) is 65.7 Å². The predicted octanol–water partition coefficient (Wildman–Crippen LogP) is 6.10. The number of benzene rings is 2. The molecule has 2 aliphatic rings. The van der Waals surface area contributed by atoms with Crippen molar-refractivity contribution in [1.82, 2.24) is 4.90 Å².